The summed E-state index contributed by atoms with van der Waals surface area (Å²) in [5.41, 5.74) is 7.00. The Kier molecular flexibility index (Phi) is 6.30. The largest absolute Gasteiger partial charge is 0.352 e. The van der Waals surface area contributed by atoms with Crippen LogP contribution < -0.4 is 16.4 Å². The second kappa shape index (κ2) is 8.43. The molecule has 2 rings (SSSR count). The van der Waals surface area contributed by atoms with Gasteiger partial charge in [0.05, 0.1) is 12.5 Å². The number of nitrogens with one attached hydrogen (secondary N) is 2. The predicted octanol–water partition coefficient (Wildman–Crippen LogP) is 3.39. The number of ketones is 1. The predicted molar refractivity (Wildman–Crippen MR) is 99.3 cm³/mol. The molecule has 0 radical (unpaired) electrons. The molecule has 4 N–H and O–H groups in total. The van der Waals surface area contributed by atoms with Gasteiger partial charge < -0.3 is 16.4 Å². The molecule has 7 heteroatoms. The Bertz CT molecular complexity index is 808. The van der Waals surface area contributed by atoms with Crippen molar-refractivity contribution in [1.82, 2.24) is 5.32 Å². The molecule has 130 valence electrons. The number of benzene rings is 2. The lowest BCUT2D eigenvalue weighted by atomic mass is 10.0. The van der Waals surface area contributed by atoms with Crippen LogP contribution in [0.3, 0.4) is 0 Å². The highest BCUT2D eigenvalue weighted by atomic mass is 79.9. The zero-order valence-corrected chi connectivity index (χ0v) is 15.2. The molecule has 0 bridgehead atoms. The van der Waals surface area contributed by atoms with Crippen molar-refractivity contribution in [3.8, 4) is 0 Å². The molecule has 0 saturated heterocycles. The number of amides is 3. The summed E-state index contributed by atoms with van der Waals surface area (Å²) in [6.07, 6.45) is 0.00366. The summed E-state index contributed by atoms with van der Waals surface area (Å²) in [4.78, 5) is 35.0. The fourth-order valence-corrected chi connectivity index (χ4v) is 2.78. The van der Waals surface area contributed by atoms with Crippen LogP contribution in [0, 0.1) is 0 Å². The Morgan fingerprint density at radius 2 is 1.84 bits per heavy atom. The topological polar surface area (TPSA) is 101 Å². The summed E-state index contributed by atoms with van der Waals surface area (Å²) in [5.74, 6) is -0.391. The van der Waals surface area contributed by atoms with Crippen molar-refractivity contribution in [3.05, 3.63) is 64.1 Å². The van der Waals surface area contributed by atoms with Crippen molar-refractivity contribution in [2.45, 2.75) is 19.4 Å². The van der Waals surface area contributed by atoms with E-state index in [9.17, 15) is 14.4 Å². The molecule has 0 aliphatic rings. The van der Waals surface area contributed by atoms with Crippen LogP contribution in [0.4, 0.5) is 10.5 Å². The first kappa shape index (κ1) is 18.7. The van der Waals surface area contributed by atoms with E-state index >= 15 is 0 Å². The first-order valence-corrected chi connectivity index (χ1v) is 8.36. The molecule has 0 spiro atoms. The second-order valence-corrected chi connectivity index (χ2v) is 6.42. The van der Waals surface area contributed by atoms with Gasteiger partial charge in [-0.3, -0.25) is 9.59 Å². The van der Waals surface area contributed by atoms with Gasteiger partial charge in [0.1, 0.15) is 0 Å². The lowest BCUT2D eigenvalue weighted by molar-refractivity contribution is -0.116. The summed E-state index contributed by atoms with van der Waals surface area (Å²) < 4.78 is 0.829. The second-order valence-electron chi connectivity index (χ2n) is 5.51. The van der Waals surface area contributed by atoms with Gasteiger partial charge in [0.15, 0.2) is 5.78 Å². The number of Topliss-reactive ketones (excluding diaryl/α,β-unsaturated/α-hetero) is 1. The summed E-state index contributed by atoms with van der Waals surface area (Å²) in [6.45, 7) is 1.46. The number of carbonyl (C=O) groups is 3. The summed E-state index contributed by atoms with van der Waals surface area (Å²) >= 11 is 3.36. The first-order valence-electron chi connectivity index (χ1n) is 7.57. The van der Waals surface area contributed by atoms with Crippen molar-refractivity contribution in [3.63, 3.8) is 0 Å². The highest BCUT2D eigenvalue weighted by Gasteiger charge is 2.18. The number of halogens is 1. The van der Waals surface area contributed by atoms with Crippen LogP contribution in [0.5, 0.6) is 0 Å². The van der Waals surface area contributed by atoms with Crippen molar-refractivity contribution in [2.24, 2.45) is 5.73 Å². The van der Waals surface area contributed by atoms with Crippen LogP contribution in [0.1, 0.15) is 35.3 Å². The van der Waals surface area contributed by atoms with Crippen LogP contribution in [-0.2, 0) is 4.79 Å². The molecule has 6 nitrogen and oxygen atoms in total. The summed E-state index contributed by atoms with van der Waals surface area (Å²) in [5, 5.41) is 5.30. The number of nitrogens with two attached hydrogens (primary N) is 1. The zero-order chi connectivity index (χ0) is 18.4. The number of rotatable bonds is 6. The highest BCUT2D eigenvalue weighted by molar-refractivity contribution is 9.10. The average Bonchev–Trinajstić information content (AvgIpc) is 2.54. The minimum absolute atomic E-state index is 0.00366. The number of hydrogen-bond donors (Lipinski definition) is 3. The van der Waals surface area contributed by atoms with E-state index in [4.69, 9.17) is 5.73 Å². The maximum Gasteiger partial charge on any atom is 0.312 e. The molecule has 25 heavy (non-hydrogen) atoms. The van der Waals surface area contributed by atoms with E-state index in [1.165, 1.54) is 6.92 Å². The molecule has 0 saturated carbocycles. The number of primary amides is 1. The number of anilines is 1. The molecule has 0 aromatic heterocycles. The van der Waals surface area contributed by atoms with Crippen LogP contribution in [-0.4, -0.2) is 17.7 Å². The van der Waals surface area contributed by atoms with Gasteiger partial charge in [0, 0.05) is 15.7 Å². The molecule has 1 atom stereocenters. The normalized spacial score (nSPS) is 11.4. The van der Waals surface area contributed by atoms with Gasteiger partial charge in [-0.15, -0.1) is 0 Å². The quantitative estimate of drug-likeness (QED) is 0.644. The molecule has 2 aromatic rings. The fourth-order valence-electron chi connectivity index (χ4n) is 2.36. The van der Waals surface area contributed by atoms with Crippen molar-refractivity contribution in [1.29, 1.82) is 0 Å². The van der Waals surface area contributed by atoms with E-state index in [1.54, 1.807) is 30.3 Å². The van der Waals surface area contributed by atoms with E-state index in [0.29, 0.717) is 11.3 Å². The van der Waals surface area contributed by atoms with Gasteiger partial charge in [-0.25, -0.2) is 4.79 Å². The number of urea groups is 1. The van der Waals surface area contributed by atoms with E-state index < -0.39 is 12.1 Å². The van der Waals surface area contributed by atoms with Crippen LogP contribution in [0.25, 0.3) is 0 Å². The Balaban J connectivity index is 2.13. The standard InChI is InChI=1S/C18H18BrN3O3/c1-11(23)12-4-3-7-15(9-12)21-17(24)10-16(22-18(20)25)13-5-2-6-14(19)8-13/h2-9,16H,10H2,1H3,(H,21,24)(H3,20,22,25). The van der Waals surface area contributed by atoms with E-state index in [0.717, 1.165) is 10.0 Å². The number of hydrogen-bond acceptors (Lipinski definition) is 3. The molecular formula is C18H18BrN3O3. The van der Waals surface area contributed by atoms with E-state index in [2.05, 4.69) is 26.6 Å². The molecule has 0 aliphatic heterocycles. The third-order valence-corrected chi connectivity index (χ3v) is 4.00. The minimum atomic E-state index is -0.712. The van der Waals surface area contributed by atoms with Crippen molar-refractivity contribution < 1.29 is 14.4 Å². The van der Waals surface area contributed by atoms with Crippen molar-refractivity contribution >= 4 is 39.3 Å². The molecule has 1 unspecified atom stereocenters. The first-order chi connectivity index (χ1) is 11.8. The smallest absolute Gasteiger partial charge is 0.312 e. The van der Waals surface area contributed by atoms with Crippen LogP contribution in [0.2, 0.25) is 0 Å². The van der Waals surface area contributed by atoms with Gasteiger partial charge >= 0.3 is 6.03 Å². The Labute approximate surface area is 153 Å². The molecule has 2 aromatic carbocycles. The van der Waals surface area contributed by atoms with Crippen LogP contribution in [0.15, 0.2) is 53.0 Å². The maximum absolute atomic E-state index is 12.3. The molecule has 0 fully saturated rings. The summed E-state index contributed by atoms with van der Waals surface area (Å²) in [6, 6.07) is 12.7. The lowest BCUT2D eigenvalue weighted by Crippen LogP contribution is -2.35. The fraction of sp³-hybridized carbons (Fsp3) is 0.167. The van der Waals surface area contributed by atoms with Gasteiger partial charge in [0.2, 0.25) is 5.91 Å². The Morgan fingerprint density at radius 1 is 1.12 bits per heavy atom. The van der Waals surface area contributed by atoms with Gasteiger partial charge in [-0.05, 0) is 36.8 Å². The van der Waals surface area contributed by atoms with E-state index in [-0.39, 0.29) is 18.1 Å². The van der Waals surface area contributed by atoms with Crippen molar-refractivity contribution in [2.75, 3.05) is 5.32 Å². The summed E-state index contributed by atoms with van der Waals surface area (Å²) in [7, 11) is 0. The van der Waals surface area contributed by atoms with Gasteiger partial charge in [0.25, 0.3) is 0 Å². The third kappa shape index (κ3) is 5.72. The molecular weight excluding hydrogens is 386 g/mol. The monoisotopic (exact) mass is 403 g/mol. The average molecular weight is 404 g/mol. The SMILES string of the molecule is CC(=O)c1cccc(NC(=O)CC(NC(N)=O)c2cccc(Br)c2)c1. The van der Waals surface area contributed by atoms with Gasteiger partial charge in [-0.1, -0.05) is 40.2 Å². The lowest BCUT2D eigenvalue weighted by Gasteiger charge is -2.18. The molecule has 0 aliphatic carbocycles. The number of carbonyl (C=O) groups excluding carboxylic acids is 3. The Morgan fingerprint density at radius 3 is 2.48 bits per heavy atom. The van der Waals surface area contributed by atoms with Crippen LogP contribution >= 0.6 is 15.9 Å². The molecule has 3 amide bonds. The minimum Gasteiger partial charge on any atom is -0.352 e. The third-order valence-electron chi connectivity index (χ3n) is 3.51. The highest BCUT2D eigenvalue weighted by Crippen LogP contribution is 2.22. The Hall–Kier alpha value is -2.67. The zero-order valence-electron chi connectivity index (χ0n) is 13.6. The maximum atomic E-state index is 12.3. The van der Waals surface area contributed by atoms with Gasteiger partial charge in [-0.2, -0.15) is 0 Å². The van der Waals surface area contributed by atoms with E-state index in [1.807, 2.05) is 18.2 Å². The molecule has 0 heterocycles.